The van der Waals surface area contributed by atoms with E-state index >= 15 is 0 Å². The molecule has 1 atom stereocenters. The molecule has 0 aliphatic rings. The number of rotatable bonds is 6. The van der Waals surface area contributed by atoms with Crippen molar-refractivity contribution in [2.75, 3.05) is 20.8 Å². The van der Waals surface area contributed by atoms with E-state index in [-0.39, 0.29) is 12.1 Å². The summed E-state index contributed by atoms with van der Waals surface area (Å²) in [5.41, 5.74) is 0.881. The van der Waals surface area contributed by atoms with Crippen molar-refractivity contribution in [3.05, 3.63) is 23.8 Å². The molecule has 0 bridgehead atoms. The molecule has 0 aliphatic heterocycles. The molecule has 0 saturated carbocycles. The van der Waals surface area contributed by atoms with Crippen LogP contribution in [-0.2, 0) is 0 Å². The van der Waals surface area contributed by atoms with Crippen molar-refractivity contribution in [1.29, 1.82) is 0 Å². The van der Waals surface area contributed by atoms with Gasteiger partial charge in [0.1, 0.15) is 11.5 Å². The van der Waals surface area contributed by atoms with Gasteiger partial charge < -0.3 is 20.1 Å². The Hall–Kier alpha value is -1.91. The van der Waals surface area contributed by atoms with Crippen LogP contribution in [0.2, 0.25) is 0 Å². The number of urea groups is 1. The highest BCUT2D eigenvalue weighted by atomic mass is 16.5. The smallest absolute Gasteiger partial charge is 0.315 e. The van der Waals surface area contributed by atoms with Crippen LogP contribution in [0.15, 0.2) is 18.2 Å². The van der Waals surface area contributed by atoms with E-state index in [1.165, 1.54) is 0 Å². The Bertz CT molecular complexity index is 447. The van der Waals surface area contributed by atoms with Crippen LogP contribution in [0.1, 0.15) is 32.4 Å². The summed E-state index contributed by atoms with van der Waals surface area (Å²) in [5, 5.41) is 5.72. The number of hydrogen-bond donors (Lipinski definition) is 2. The number of methoxy groups -OCH3 is 2. The quantitative estimate of drug-likeness (QED) is 0.842. The van der Waals surface area contributed by atoms with Gasteiger partial charge in [-0.2, -0.15) is 0 Å². The minimum Gasteiger partial charge on any atom is -0.497 e. The summed E-state index contributed by atoms with van der Waals surface area (Å²) in [6.45, 7) is 6.66. The highest BCUT2D eigenvalue weighted by Gasteiger charge is 2.15. The molecular formula is C15H24N2O3. The van der Waals surface area contributed by atoms with E-state index < -0.39 is 0 Å². The third-order valence-electron chi connectivity index (χ3n) is 2.92. The molecular weight excluding hydrogens is 256 g/mol. The summed E-state index contributed by atoms with van der Waals surface area (Å²) in [6.07, 6.45) is 0. The highest BCUT2D eigenvalue weighted by Crippen LogP contribution is 2.29. The molecule has 5 heteroatoms. The lowest BCUT2D eigenvalue weighted by molar-refractivity contribution is 0.236. The maximum atomic E-state index is 11.8. The van der Waals surface area contributed by atoms with Gasteiger partial charge in [0.2, 0.25) is 0 Å². The molecule has 1 aromatic rings. The Labute approximate surface area is 120 Å². The van der Waals surface area contributed by atoms with E-state index in [0.29, 0.717) is 12.5 Å². The van der Waals surface area contributed by atoms with Gasteiger partial charge in [0, 0.05) is 12.1 Å². The zero-order valence-corrected chi connectivity index (χ0v) is 12.8. The number of nitrogens with one attached hydrogen (secondary N) is 2. The number of benzene rings is 1. The van der Waals surface area contributed by atoms with Crippen molar-refractivity contribution < 1.29 is 14.3 Å². The third-order valence-corrected chi connectivity index (χ3v) is 2.92. The molecule has 20 heavy (non-hydrogen) atoms. The normalized spacial score (nSPS) is 11.9. The van der Waals surface area contributed by atoms with Gasteiger partial charge in [-0.15, -0.1) is 0 Å². The van der Waals surface area contributed by atoms with Gasteiger partial charge in [-0.1, -0.05) is 13.8 Å². The molecule has 0 saturated heterocycles. The molecule has 0 radical (unpaired) electrons. The average Bonchev–Trinajstić information content (AvgIpc) is 2.44. The first-order valence-corrected chi connectivity index (χ1v) is 6.74. The monoisotopic (exact) mass is 280 g/mol. The summed E-state index contributed by atoms with van der Waals surface area (Å²) >= 11 is 0. The minimum absolute atomic E-state index is 0.174. The Morgan fingerprint density at radius 3 is 2.45 bits per heavy atom. The van der Waals surface area contributed by atoms with Gasteiger partial charge in [0.05, 0.1) is 20.3 Å². The zero-order chi connectivity index (χ0) is 15.1. The molecule has 2 N–H and O–H groups in total. The van der Waals surface area contributed by atoms with Crippen LogP contribution in [0.4, 0.5) is 4.79 Å². The van der Waals surface area contributed by atoms with Crippen LogP contribution in [0, 0.1) is 5.92 Å². The van der Waals surface area contributed by atoms with Gasteiger partial charge in [-0.05, 0) is 31.0 Å². The number of ether oxygens (including phenoxy) is 2. The molecule has 1 aromatic carbocycles. The van der Waals surface area contributed by atoms with Crippen LogP contribution in [0.25, 0.3) is 0 Å². The molecule has 112 valence electrons. The fraction of sp³-hybridized carbons (Fsp3) is 0.533. The van der Waals surface area contributed by atoms with Crippen LogP contribution in [-0.4, -0.2) is 26.8 Å². The van der Waals surface area contributed by atoms with E-state index in [1.807, 2.05) is 25.1 Å². The predicted molar refractivity (Wildman–Crippen MR) is 79.3 cm³/mol. The Kier molecular flexibility index (Phi) is 6.15. The maximum absolute atomic E-state index is 11.8. The molecule has 0 fully saturated rings. The lowest BCUT2D eigenvalue weighted by atomic mass is 10.1. The molecule has 0 heterocycles. The van der Waals surface area contributed by atoms with Crippen molar-refractivity contribution in [3.63, 3.8) is 0 Å². The first-order valence-electron chi connectivity index (χ1n) is 6.74. The first-order chi connectivity index (χ1) is 9.47. The number of carbonyl (C=O) groups is 1. The van der Waals surface area contributed by atoms with Gasteiger partial charge in [0.25, 0.3) is 0 Å². The van der Waals surface area contributed by atoms with E-state index in [2.05, 4.69) is 24.5 Å². The van der Waals surface area contributed by atoms with Crippen molar-refractivity contribution in [2.24, 2.45) is 5.92 Å². The Balaban J connectivity index is 2.75. The lowest BCUT2D eigenvalue weighted by Crippen LogP contribution is -2.38. The minimum atomic E-state index is -0.184. The van der Waals surface area contributed by atoms with Crippen LogP contribution < -0.4 is 20.1 Å². The summed E-state index contributed by atoms with van der Waals surface area (Å²) < 4.78 is 10.5. The highest BCUT2D eigenvalue weighted by molar-refractivity contribution is 5.74. The first kappa shape index (κ1) is 16.1. The van der Waals surface area contributed by atoms with Gasteiger partial charge in [0.15, 0.2) is 0 Å². The number of amides is 2. The zero-order valence-electron chi connectivity index (χ0n) is 12.8. The van der Waals surface area contributed by atoms with E-state index in [9.17, 15) is 4.79 Å². The molecule has 0 unspecified atom stereocenters. The van der Waals surface area contributed by atoms with Crippen LogP contribution in [0.3, 0.4) is 0 Å². The van der Waals surface area contributed by atoms with Gasteiger partial charge in [-0.25, -0.2) is 4.79 Å². The number of carbonyl (C=O) groups excluding carboxylic acids is 1. The molecule has 5 nitrogen and oxygen atoms in total. The second-order valence-corrected chi connectivity index (χ2v) is 5.08. The second kappa shape index (κ2) is 7.62. The van der Waals surface area contributed by atoms with E-state index in [0.717, 1.165) is 17.1 Å². The summed E-state index contributed by atoms with van der Waals surface area (Å²) in [7, 11) is 3.22. The molecule has 0 aliphatic carbocycles. The van der Waals surface area contributed by atoms with E-state index in [1.54, 1.807) is 14.2 Å². The summed E-state index contributed by atoms with van der Waals surface area (Å²) in [6, 6.07) is 5.17. The second-order valence-electron chi connectivity index (χ2n) is 5.08. The largest absolute Gasteiger partial charge is 0.497 e. The summed E-state index contributed by atoms with van der Waals surface area (Å²) in [4.78, 5) is 11.8. The number of hydrogen-bond acceptors (Lipinski definition) is 3. The van der Waals surface area contributed by atoms with Crippen molar-refractivity contribution >= 4 is 6.03 Å². The van der Waals surface area contributed by atoms with Crippen molar-refractivity contribution in [3.8, 4) is 11.5 Å². The molecule has 2 amide bonds. The fourth-order valence-electron chi connectivity index (χ4n) is 1.80. The van der Waals surface area contributed by atoms with Crippen LogP contribution in [0.5, 0.6) is 11.5 Å². The SMILES string of the molecule is COc1ccc(OC)c([C@H](C)NC(=O)NCC(C)C)c1. The van der Waals surface area contributed by atoms with Gasteiger partial charge in [-0.3, -0.25) is 0 Å². The molecule has 0 spiro atoms. The topological polar surface area (TPSA) is 59.6 Å². The predicted octanol–water partition coefficient (Wildman–Crippen LogP) is 2.72. The van der Waals surface area contributed by atoms with Crippen molar-refractivity contribution in [2.45, 2.75) is 26.8 Å². The maximum Gasteiger partial charge on any atom is 0.315 e. The van der Waals surface area contributed by atoms with Crippen molar-refractivity contribution in [1.82, 2.24) is 10.6 Å². The third kappa shape index (κ3) is 4.64. The summed E-state index contributed by atoms with van der Waals surface area (Å²) in [5.74, 6) is 1.88. The average molecular weight is 280 g/mol. The lowest BCUT2D eigenvalue weighted by Gasteiger charge is -2.19. The Morgan fingerprint density at radius 2 is 1.90 bits per heavy atom. The Morgan fingerprint density at radius 1 is 1.20 bits per heavy atom. The van der Waals surface area contributed by atoms with Gasteiger partial charge >= 0.3 is 6.03 Å². The van der Waals surface area contributed by atoms with E-state index in [4.69, 9.17) is 9.47 Å². The van der Waals surface area contributed by atoms with Crippen LogP contribution >= 0.6 is 0 Å². The molecule has 0 aromatic heterocycles. The standard InChI is InChI=1S/C15H24N2O3/c1-10(2)9-16-15(18)17-11(3)13-8-12(19-4)6-7-14(13)20-5/h6-8,10-11H,9H2,1-5H3,(H2,16,17,18)/t11-/m0/s1. The molecule has 1 rings (SSSR count). The fourth-order valence-corrected chi connectivity index (χ4v) is 1.80.